The first kappa shape index (κ1) is 21.3. The predicted octanol–water partition coefficient (Wildman–Crippen LogP) is 4.36. The van der Waals surface area contributed by atoms with Crippen LogP contribution < -0.4 is 5.32 Å². The molecule has 0 saturated heterocycles. The van der Waals surface area contributed by atoms with E-state index in [4.69, 9.17) is 0 Å². The summed E-state index contributed by atoms with van der Waals surface area (Å²) in [7, 11) is 6.04. The lowest BCUT2D eigenvalue weighted by atomic mass is 10.1. The zero-order valence-corrected chi connectivity index (χ0v) is 15.1. The van der Waals surface area contributed by atoms with E-state index in [2.05, 4.69) is 48.6 Å². The normalized spacial score (nSPS) is 9.52. The zero-order valence-electron chi connectivity index (χ0n) is 15.1. The van der Waals surface area contributed by atoms with Crippen LogP contribution >= 0.6 is 0 Å². The molecular formula is C20H31FN2. The topological polar surface area (TPSA) is 15.3 Å². The highest BCUT2D eigenvalue weighted by atomic mass is 19.1. The first-order chi connectivity index (χ1) is 11.1. The van der Waals surface area contributed by atoms with Crippen molar-refractivity contribution >= 4 is 0 Å². The van der Waals surface area contributed by atoms with Gasteiger partial charge in [0.2, 0.25) is 0 Å². The van der Waals surface area contributed by atoms with Crippen LogP contribution in [0.2, 0.25) is 0 Å². The van der Waals surface area contributed by atoms with Crippen molar-refractivity contribution in [3.63, 3.8) is 0 Å². The molecule has 2 aromatic rings. The molecule has 0 aliphatic heterocycles. The summed E-state index contributed by atoms with van der Waals surface area (Å²) in [5, 5.41) is 3.01. The van der Waals surface area contributed by atoms with Gasteiger partial charge in [-0.2, -0.15) is 0 Å². The minimum atomic E-state index is -0.154. The van der Waals surface area contributed by atoms with Crippen molar-refractivity contribution in [2.75, 3.05) is 27.7 Å². The van der Waals surface area contributed by atoms with Crippen molar-refractivity contribution in [2.45, 2.75) is 26.8 Å². The summed E-state index contributed by atoms with van der Waals surface area (Å²) in [6, 6.07) is 17.2. The minimum absolute atomic E-state index is 0.154. The van der Waals surface area contributed by atoms with E-state index >= 15 is 0 Å². The Morgan fingerprint density at radius 1 is 0.913 bits per heavy atom. The molecule has 0 spiro atoms. The van der Waals surface area contributed by atoms with Crippen molar-refractivity contribution in [1.29, 1.82) is 0 Å². The molecule has 2 aromatic carbocycles. The van der Waals surface area contributed by atoms with Gasteiger partial charge in [0.1, 0.15) is 5.82 Å². The van der Waals surface area contributed by atoms with Gasteiger partial charge >= 0.3 is 0 Å². The molecule has 0 unspecified atom stereocenters. The highest BCUT2D eigenvalue weighted by molar-refractivity contribution is 5.16. The van der Waals surface area contributed by atoms with E-state index < -0.39 is 0 Å². The quantitative estimate of drug-likeness (QED) is 0.881. The molecule has 3 heteroatoms. The average molecular weight is 318 g/mol. The third-order valence-corrected chi connectivity index (χ3v) is 2.89. The highest BCUT2D eigenvalue weighted by Gasteiger charge is 1.93. The van der Waals surface area contributed by atoms with Crippen molar-refractivity contribution in [2.24, 2.45) is 0 Å². The number of likely N-dealkylation sites (N-methyl/N-ethyl adjacent to an activating group) is 1. The highest BCUT2D eigenvalue weighted by Crippen LogP contribution is 2.03. The molecular weight excluding hydrogens is 287 g/mol. The molecule has 0 aliphatic carbocycles. The summed E-state index contributed by atoms with van der Waals surface area (Å²) in [6.07, 6.45) is 0.883. The summed E-state index contributed by atoms with van der Waals surface area (Å²) < 4.78 is 12.6. The first-order valence-electron chi connectivity index (χ1n) is 8.19. The fraction of sp³-hybridized carbons (Fsp3) is 0.400. The van der Waals surface area contributed by atoms with E-state index in [0.29, 0.717) is 0 Å². The van der Waals surface area contributed by atoms with Crippen molar-refractivity contribution in [3.05, 3.63) is 71.5 Å². The smallest absolute Gasteiger partial charge is 0.123 e. The molecule has 0 saturated carbocycles. The number of nitrogens with one attached hydrogen (secondary N) is 1. The first-order valence-corrected chi connectivity index (χ1v) is 8.19. The SMILES string of the molecule is CC.CN(C)Cc1ccccc1.CNCCc1cccc(F)c1. The van der Waals surface area contributed by atoms with Crippen LogP contribution in [0, 0.1) is 5.82 Å². The van der Waals surface area contributed by atoms with E-state index in [-0.39, 0.29) is 5.82 Å². The second kappa shape index (κ2) is 13.9. The Morgan fingerprint density at radius 2 is 1.52 bits per heavy atom. The van der Waals surface area contributed by atoms with E-state index in [1.54, 1.807) is 12.1 Å². The Kier molecular flexibility index (Phi) is 12.9. The van der Waals surface area contributed by atoms with Crippen LogP contribution in [0.1, 0.15) is 25.0 Å². The van der Waals surface area contributed by atoms with Crippen LogP contribution in [-0.4, -0.2) is 32.6 Å². The Balaban J connectivity index is 0.000000381. The molecule has 2 nitrogen and oxygen atoms in total. The van der Waals surface area contributed by atoms with Crippen LogP contribution in [0.5, 0.6) is 0 Å². The van der Waals surface area contributed by atoms with Gasteiger partial charge in [0, 0.05) is 6.54 Å². The molecule has 2 rings (SSSR count). The predicted molar refractivity (Wildman–Crippen MR) is 99.2 cm³/mol. The van der Waals surface area contributed by atoms with Gasteiger partial charge in [-0.25, -0.2) is 4.39 Å². The van der Waals surface area contributed by atoms with Gasteiger partial charge < -0.3 is 10.2 Å². The van der Waals surface area contributed by atoms with Gasteiger partial charge in [0.15, 0.2) is 0 Å². The van der Waals surface area contributed by atoms with Gasteiger partial charge in [-0.05, 0) is 57.4 Å². The summed E-state index contributed by atoms with van der Waals surface area (Å²) in [5.74, 6) is -0.154. The summed E-state index contributed by atoms with van der Waals surface area (Å²) >= 11 is 0. The number of halogens is 1. The van der Waals surface area contributed by atoms with E-state index in [9.17, 15) is 4.39 Å². The van der Waals surface area contributed by atoms with Crippen molar-refractivity contribution < 1.29 is 4.39 Å². The lowest BCUT2D eigenvalue weighted by molar-refractivity contribution is 0.402. The maximum Gasteiger partial charge on any atom is 0.123 e. The molecule has 0 amide bonds. The van der Waals surface area contributed by atoms with Gasteiger partial charge in [0.25, 0.3) is 0 Å². The number of hydrogen-bond donors (Lipinski definition) is 1. The maximum atomic E-state index is 12.6. The second-order valence-electron chi connectivity index (χ2n) is 5.21. The molecule has 1 N–H and O–H groups in total. The summed E-state index contributed by atoms with van der Waals surface area (Å²) in [5.41, 5.74) is 2.41. The summed E-state index contributed by atoms with van der Waals surface area (Å²) in [6.45, 7) is 5.92. The third-order valence-electron chi connectivity index (χ3n) is 2.89. The maximum absolute atomic E-state index is 12.6. The fourth-order valence-corrected chi connectivity index (χ4v) is 1.91. The molecule has 0 heterocycles. The number of benzene rings is 2. The molecule has 23 heavy (non-hydrogen) atoms. The number of nitrogens with zero attached hydrogens (tertiary/aromatic N) is 1. The molecule has 128 valence electrons. The second-order valence-corrected chi connectivity index (χ2v) is 5.21. The molecule has 0 fully saturated rings. The molecule has 0 bridgehead atoms. The van der Waals surface area contributed by atoms with Crippen LogP contribution in [0.4, 0.5) is 4.39 Å². The largest absolute Gasteiger partial charge is 0.319 e. The van der Waals surface area contributed by atoms with E-state index in [0.717, 1.165) is 25.1 Å². The Labute approximate surface area is 141 Å². The fourth-order valence-electron chi connectivity index (χ4n) is 1.91. The van der Waals surface area contributed by atoms with E-state index in [1.165, 1.54) is 11.6 Å². The minimum Gasteiger partial charge on any atom is -0.319 e. The monoisotopic (exact) mass is 318 g/mol. The summed E-state index contributed by atoms with van der Waals surface area (Å²) in [4.78, 5) is 2.16. The van der Waals surface area contributed by atoms with Crippen LogP contribution in [0.25, 0.3) is 0 Å². The lowest BCUT2D eigenvalue weighted by Crippen LogP contribution is -2.10. The third kappa shape index (κ3) is 11.5. The Bertz CT molecular complexity index is 498. The van der Waals surface area contributed by atoms with E-state index in [1.807, 2.05) is 33.0 Å². The number of rotatable bonds is 5. The van der Waals surface area contributed by atoms with Crippen molar-refractivity contribution in [1.82, 2.24) is 10.2 Å². The van der Waals surface area contributed by atoms with Gasteiger partial charge in [-0.1, -0.05) is 56.3 Å². The van der Waals surface area contributed by atoms with Crippen LogP contribution in [0.15, 0.2) is 54.6 Å². The van der Waals surface area contributed by atoms with Crippen LogP contribution in [0.3, 0.4) is 0 Å². The standard InChI is InChI=1S/C9H12FN.C9H13N.C2H6/c1-11-6-5-8-3-2-4-9(10)7-8;1-10(2)8-9-6-4-3-5-7-9;1-2/h2-4,7,11H,5-6H2,1H3;3-7H,8H2,1-2H3;1-2H3. The lowest BCUT2D eigenvalue weighted by Gasteiger charge is -2.08. The Morgan fingerprint density at radius 3 is 2.04 bits per heavy atom. The molecule has 0 radical (unpaired) electrons. The van der Waals surface area contributed by atoms with Gasteiger partial charge in [0.05, 0.1) is 0 Å². The van der Waals surface area contributed by atoms with Gasteiger partial charge in [-0.15, -0.1) is 0 Å². The average Bonchev–Trinajstić information content (AvgIpc) is 2.56. The van der Waals surface area contributed by atoms with Crippen molar-refractivity contribution in [3.8, 4) is 0 Å². The molecule has 0 aliphatic rings. The van der Waals surface area contributed by atoms with Crippen LogP contribution in [-0.2, 0) is 13.0 Å². The zero-order chi connectivity index (χ0) is 17.5. The van der Waals surface area contributed by atoms with Gasteiger partial charge in [-0.3, -0.25) is 0 Å². The number of hydrogen-bond acceptors (Lipinski definition) is 2. The molecule has 0 atom stereocenters. The Hall–Kier alpha value is -1.71. The molecule has 0 aromatic heterocycles.